The van der Waals surface area contributed by atoms with Gasteiger partial charge in [0.2, 0.25) is 0 Å². The van der Waals surface area contributed by atoms with E-state index in [1.54, 1.807) is 26.4 Å². The molecule has 0 atom stereocenters. The second kappa shape index (κ2) is 11.9. The predicted octanol–water partition coefficient (Wildman–Crippen LogP) is 5.00. The summed E-state index contributed by atoms with van der Waals surface area (Å²) in [7, 11) is 3.23. The molecular weight excluding hydrogens is 436 g/mol. The lowest BCUT2D eigenvalue weighted by atomic mass is 10.2. The van der Waals surface area contributed by atoms with Gasteiger partial charge in [0, 0.05) is 4.47 Å². The van der Waals surface area contributed by atoms with Gasteiger partial charge >= 0.3 is 5.97 Å². The minimum atomic E-state index is -0.330. The van der Waals surface area contributed by atoms with Gasteiger partial charge in [-0.05, 0) is 59.7 Å². The zero-order valence-electron chi connectivity index (χ0n) is 16.3. The fourth-order valence-corrected chi connectivity index (χ4v) is 2.54. The van der Waals surface area contributed by atoms with Crippen LogP contribution >= 0.6 is 15.9 Å². The lowest BCUT2D eigenvalue weighted by molar-refractivity contribution is 0.0472. The fraction of sp³-hybridized carbons (Fsp3) is 0.174. The van der Waals surface area contributed by atoms with Crippen LogP contribution in [-0.2, 0) is 18.0 Å². The van der Waals surface area contributed by atoms with E-state index in [1.165, 1.54) is 0 Å². The molecule has 3 aromatic carbocycles. The maximum atomic E-state index is 11.8. The van der Waals surface area contributed by atoms with Gasteiger partial charge in [0.15, 0.2) is 0 Å². The van der Waals surface area contributed by atoms with E-state index in [1.807, 2.05) is 60.7 Å². The van der Waals surface area contributed by atoms with Crippen LogP contribution in [0.1, 0.15) is 21.5 Å². The van der Waals surface area contributed by atoms with Gasteiger partial charge in [0.05, 0.1) is 26.4 Å². The molecule has 5 nitrogen and oxygen atoms in total. The Morgan fingerprint density at radius 3 is 1.72 bits per heavy atom. The lowest BCUT2D eigenvalue weighted by Gasteiger charge is -2.06. The number of esters is 1. The van der Waals surface area contributed by atoms with Crippen molar-refractivity contribution in [1.29, 1.82) is 0 Å². The summed E-state index contributed by atoms with van der Waals surface area (Å²) in [5.41, 5.74) is 2.36. The van der Waals surface area contributed by atoms with Crippen molar-refractivity contribution < 1.29 is 24.1 Å². The zero-order valence-corrected chi connectivity index (χ0v) is 17.9. The minimum absolute atomic E-state index is 0.0873. The van der Waals surface area contributed by atoms with Crippen LogP contribution in [0.2, 0.25) is 0 Å². The van der Waals surface area contributed by atoms with Crippen LogP contribution in [0.5, 0.6) is 11.5 Å². The van der Waals surface area contributed by atoms with Crippen LogP contribution < -0.4 is 9.47 Å². The van der Waals surface area contributed by atoms with Crippen LogP contribution in [-0.4, -0.2) is 25.3 Å². The molecule has 0 unspecified atom stereocenters. The van der Waals surface area contributed by atoms with Crippen molar-refractivity contribution in [3.63, 3.8) is 0 Å². The Morgan fingerprint density at radius 1 is 0.793 bits per heavy atom. The Kier molecular flexibility index (Phi) is 9.21. The van der Waals surface area contributed by atoms with Gasteiger partial charge in [-0.1, -0.05) is 40.2 Å². The predicted molar refractivity (Wildman–Crippen MR) is 115 cm³/mol. The number of hydrogen-bond acceptors (Lipinski definition) is 5. The number of halogens is 1. The first kappa shape index (κ1) is 22.5. The SMILES string of the molecule is COc1ccc(CO)cc1.COc1ccc(COC(=O)c2ccc(Br)cc2)cc1. The quantitative estimate of drug-likeness (QED) is 0.526. The number of aliphatic hydroxyl groups excluding tert-OH is 1. The van der Waals surface area contributed by atoms with Crippen LogP contribution in [0.4, 0.5) is 0 Å². The molecule has 3 rings (SSSR count). The van der Waals surface area contributed by atoms with Crippen molar-refractivity contribution in [2.75, 3.05) is 14.2 Å². The van der Waals surface area contributed by atoms with Crippen molar-refractivity contribution >= 4 is 21.9 Å². The van der Waals surface area contributed by atoms with Crippen LogP contribution in [0.3, 0.4) is 0 Å². The second-order valence-corrected chi connectivity index (χ2v) is 6.85. The van der Waals surface area contributed by atoms with Crippen molar-refractivity contribution in [2.24, 2.45) is 0 Å². The first-order valence-electron chi connectivity index (χ1n) is 8.85. The van der Waals surface area contributed by atoms with Gasteiger partial charge in [-0.15, -0.1) is 0 Å². The molecule has 0 aliphatic rings. The van der Waals surface area contributed by atoms with E-state index in [0.29, 0.717) is 5.56 Å². The smallest absolute Gasteiger partial charge is 0.338 e. The van der Waals surface area contributed by atoms with E-state index in [2.05, 4.69) is 15.9 Å². The lowest BCUT2D eigenvalue weighted by Crippen LogP contribution is -2.04. The molecule has 0 saturated heterocycles. The normalized spacial score (nSPS) is 9.79. The van der Waals surface area contributed by atoms with Gasteiger partial charge < -0.3 is 19.3 Å². The molecular formula is C23H23BrO5. The molecule has 6 heteroatoms. The average Bonchev–Trinajstić information content (AvgIpc) is 2.78. The summed E-state index contributed by atoms with van der Waals surface area (Å²) in [4.78, 5) is 11.8. The zero-order chi connectivity index (χ0) is 21.1. The van der Waals surface area contributed by atoms with Gasteiger partial charge in [-0.25, -0.2) is 4.79 Å². The highest BCUT2D eigenvalue weighted by Crippen LogP contribution is 2.14. The van der Waals surface area contributed by atoms with Gasteiger partial charge in [-0.2, -0.15) is 0 Å². The molecule has 0 amide bonds. The standard InChI is InChI=1S/C15H13BrO3.C8H10O2/c1-18-14-8-2-11(3-9-14)10-19-15(17)12-4-6-13(16)7-5-12;1-10-8-4-2-7(6-9)3-5-8/h2-9H,10H2,1H3;2-5,9H,6H2,1H3. The van der Waals surface area contributed by atoms with E-state index in [4.69, 9.17) is 19.3 Å². The molecule has 152 valence electrons. The highest BCUT2D eigenvalue weighted by atomic mass is 79.9. The molecule has 0 heterocycles. The van der Waals surface area contributed by atoms with Crippen molar-refractivity contribution in [3.05, 3.63) is 94.0 Å². The van der Waals surface area contributed by atoms with E-state index in [-0.39, 0.29) is 19.2 Å². The summed E-state index contributed by atoms with van der Waals surface area (Å²) in [5, 5.41) is 8.66. The summed E-state index contributed by atoms with van der Waals surface area (Å²) in [6.07, 6.45) is 0. The monoisotopic (exact) mass is 458 g/mol. The van der Waals surface area contributed by atoms with E-state index in [9.17, 15) is 4.79 Å². The number of methoxy groups -OCH3 is 2. The van der Waals surface area contributed by atoms with Crippen LogP contribution in [0.15, 0.2) is 77.3 Å². The van der Waals surface area contributed by atoms with Crippen molar-refractivity contribution in [1.82, 2.24) is 0 Å². The largest absolute Gasteiger partial charge is 0.497 e. The Bertz CT molecular complexity index is 852. The maximum absolute atomic E-state index is 11.8. The highest BCUT2D eigenvalue weighted by Gasteiger charge is 2.07. The van der Waals surface area contributed by atoms with Crippen LogP contribution in [0, 0.1) is 0 Å². The topological polar surface area (TPSA) is 65.0 Å². The Labute approximate surface area is 179 Å². The molecule has 0 bridgehead atoms. The third kappa shape index (κ3) is 7.60. The molecule has 0 aliphatic heterocycles. The maximum Gasteiger partial charge on any atom is 0.338 e. The fourth-order valence-electron chi connectivity index (χ4n) is 2.27. The Hall–Kier alpha value is -2.83. The Balaban J connectivity index is 0.000000253. The Morgan fingerprint density at radius 2 is 1.28 bits per heavy atom. The number of carbonyl (C=O) groups excluding carboxylic acids is 1. The van der Waals surface area contributed by atoms with Crippen LogP contribution in [0.25, 0.3) is 0 Å². The third-order valence-corrected chi connectivity index (χ3v) is 4.48. The molecule has 0 aromatic heterocycles. The number of ether oxygens (including phenoxy) is 3. The number of hydrogen-bond donors (Lipinski definition) is 1. The number of benzene rings is 3. The first-order chi connectivity index (χ1) is 14.0. The van der Waals surface area contributed by atoms with Gasteiger partial charge in [0.1, 0.15) is 18.1 Å². The summed E-state index contributed by atoms with van der Waals surface area (Å²) < 4.78 is 16.2. The molecule has 0 spiro atoms. The van der Waals surface area contributed by atoms with Crippen molar-refractivity contribution in [2.45, 2.75) is 13.2 Å². The molecule has 0 radical (unpaired) electrons. The minimum Gasteiger partial charge on any atom is -0.497 e. The van der Waals surface area contributed by atoms with E-state index in [0.717, 1.165) is 27.1 Å². The third-order valence-electron chi connectivity index (χ3n) is 3.95. The summed E-state index contributed by atoms with van der Waals surface area (Å²) in [6.45, 7) is 0.336. The number of carbonyl (C=O) groups is 1. The summed E-state index contributed by atoms with van der Waals surface area (Å²) >= 11 is 3.32. The average molecular weight is 459 g/mol. The second-order valence-electron chi connectivity index (χ2n) is 5.94. The molecule has 0 fully saturated rings. The molecule has 3 aromatic rings. The van der Waals surface area contributed by atoms with Gasteiger partial charge in [0.25, 0.3) is 0 Å². The number of rotatable bonds is 6. The molecule has 1 N–H and O–H groups in total. The highest BCUT2D eigenvalue weighted by molar-refractivity contribution is 9.10. The molecule has 0 saturated carbocycles. The summed E-state index contributed by atoms with van der Waals surface area (Å²) in [5.74, 6) is 1.27. The summed E-state index contributed by atoms with van der Waals surface area (Å²) in [6, 6.07) is 21.8. The number of aliphatic hydroxyl groups is 1. The van der Waals surface area contributed by atoms with Crippen molar-refractivity contribution in [3.8, 4) is 11.5 Å². The first-order valence-corrected chi connectivity index (χ1v) is 9.64. The molecule has 0 aliphatic carbocycles. The molecule has 29 heavy (non-hydrogen) atoms. The van der Waals surface area contributed by atoms with Gasteiger partial charge in [-0.3, -0.25) is 0 Å². The van der Waals surface area contributed by atoms with E-state index >= 15 is 0 Å². The van der Waals surface area contributed by atoms with E-state index < -0.39 is 0 Å².